The number of rotatable bonds is 14. The van der Waals surface area contributed by atoms with Crippen LogP contribution < -0.4 is 21.7 Å². The van der Waals surface area contributed by atoms with Crippen molar-refractivity contribution in [2.45, 2.75) is 63.9 Å². The van der Waals surface area contributed by atoms with E-state index in [2.05, 4.69) is 25.9 Å². The molecule has 0 fully saturated rings. The van der Waals surface area contributed by atoms with Gasteiger partial charge in [0.15, 0.2) is 0 Å². The number of carboxylic acids is 1. The van der Waals surface area contributed by atoms with Crippen LogP contribution in [-0.2, 0) is 25.6 Å². The summed E-state index contributed by atoms with van der Waals surface area (Å²) in [4.78, 5) is 56.1. The zero-order valence-electron chi connectivity index (χ0n) is 19.2. The van der Waals surface area contributed by atoms with Crippen LogP contribution in [0, 0.1) is 5.92 Å². The third kappa shape index (κ3) is 9.40. The van der Waals surface area contributed by atoms with Gasteiger partial charge in [-0.3, -0.25) is 14.4 Å². The summed E-state index contributed by atoms with van der Waals surface area (Å²) in [5, 5.41) is 26.7. The molecule has 13 heteroatoms. The van der Waals surface area contributed by atoms with E-state index >= 15 is 0 Å². The smallest absolute Gasteiger partial charge is 0.326 e. The number of nitrogens with two attached hydrogens (primary N) is 1. The van der Waals surface area contributed by atoms with Crippen molar-refractivity contribution in [3.63, 3.8) is 0 Å². The number of hydrogen-bond donors (Lipinski definition) is 7. The number of H-pyrrole nitrogens is 1. The summed E-state index contributed by atoms with van der Waals surface area (Å²) >= 11 is 1.43. The number of thioether (sulfide) groups is 1. The van der Waals surface area contributed by atoms with Crippen LogP contribution in [0.2, 0.25) is 0 Å². The number of aliphatic hydroxyl groups is 1. The summed E-state index contributed by atoms with van der Waals surface area (Å²) in [5.74, 6) is -3.19. The summed E-state index contributed by atoms with van der Waals surface area (Å²) in [5.41, 5.74) is 6.58. The molecule has 1 aromatic heterocycles. The molecule has 0 spiro atoms. The Kier molecular flexibility index (Phi) is 11.9. The highest BCUT2D eigenvalue weighted by Crippen LogP contribution is 2.07. The molecule has 1 aromatic rings. The molecule has 0 bridgehead atoms. The van der Waals surface area contributed by atoms with E-state index in [1.165, 1.54) is 31.2 Å². The van der Waals surface area contributed by atoms with Crippen LogP contribution in [0.15, 0.2) is 12.5 Å². The van der Waals surface area contributed by atoms with Gasteiger partial charge in [-0.2, -0.15) is 11.8 Å². The average molecular weight is 487 g/mol. The number of aromatic amines is 1. The fourth-order valence-electron chi connectivity index (χ4n) is 2.92. The molecule has 33 heavy (non-hydrogen) atoms. The maximum Gasteiger partial charge on any atom is 0.326 e. The van der Waals surface area contributed by atoms with Gasteiger partial charge in [-0.05, 0) is 31.3 Å². The van der Waals surface area contributed by atoms with Gasteiger partial charge in [-0.25, -0.2) is 9.78 Å². The molecule has 3 amide bonds. The van der Waals surface area contributed by atoms with Gasteiger partial charge in [-0.1, -0.05) is 13.8 Å². The molecule has 0 saturated carbocycles. The third-order valence-electron chi connectivity index (χ3n) is 4.87. The minimum absolute atomic E-state index is 0.182. The molecule has 0 aliphatic rings. The summed E-state index contributed by atoms with van der Waals surface area (Å²) in [6, 6.07) is -4.55. The lowest BCUT2D eigenvalue weighted by molar-refractivity contribution is -0.143. The van der Waals surface area contributed by atoms with E-state index in [4.69, 9.17) is 5.73 Å². The molecule has 12 nitrogen and oxygen atoms in total. The van der Waals surface area contributed by atoms with Crippen molar-refractivity contribution in [2.75, 3.05) is 12.0 Å². The van der Waals surface area contributed by atoms with E-state index in [1.807, 2.05) is 0 Å². The first-order chi connectivity index (χ1) is 15.5. The lowest BCUT2D eigenvalue weighted by Gasteiger charge is -2.28. The Labute approximate surface area is 196 Å². The Hall–Kier alpha value is -2.64. The number of amides is 3. The lowest BCUT2D eigenvalue weighted by Crippen LogP contribution is -2.61. The zero-order chi connectivity index (χ0) is 25.1. The highest BCUT2D eigenvalue weighted by Gasteiger charge is 2.33. The Morgan fingerprint density at radius 2 is 1.70 bits per heavy atom. The van der Waals surface area contributed by atoms with Gasteiger partial charge in [0.25, 0.3) is 0 Å². The number of hydrogen-bond acceptors (Lipinski definition) is 8. The number of carbonyl (C=O) groups excluding carboxylic acids is 3. The summed E-state index contributed by atoms with van der Waals surface area (Å²) in [6.07, 6.45) is 3.86. The molecular formula is C20H34N6O6S. The fraction of sp³-hybridized carbons (Fsp3) is 0.650. The second-order valence-corrected chi connectivity index (χ2v) is 9.01. The van der Waals surface area contributed by atoms with E-state index in [1.54, 1.807) is 20.1 Å². The standard InChI is InChI=1S/C20H34N6O6S/c1-10(2)15(25-17(28)13(21)7-12-8-22-9-23-12)18(29)26-16(11(3)27)19(30)24-14(20(31)32)5-6-33-4/h8-11,13-16,27H,5-7,21H2,1-4H3,(H,22,23)(H,24,30)(H,25,28)(H,26,29)(H,31,32). The number of aliphatic hydroxyl groups excluding tert-OH is 1. The fourth-order valence-corrected chi connectivity index (χ4v) is 3.40. The average Bonchev–Trinajstić information content (AvgIpc) is 3.24. The van der Waals surface area contributed by atoms with E-state index in [0.717, 1.165) is 0 Å². The van der Waals surface area contributed by atoms with Gasteiger partial charge in [-0.15, -0.1) is 0 Å². The Balaban J connectivity index is 2.84. The lowest BCUT2D eigenvalue weighted by atomic mass is 10.0. The van der Waals surface area contributed by atoms with Gasteiger partial charge in [0, 0.05) is 18.3 Å². The first-order valence-corrected chi connectivity index (χ1v) is 11.9. The van der Waals surface area contributed by atoms with Gasteiger partial charge in [0.1, 0.15) is 18.1 Å². The van der Waals surface area contributed by atoms with Gasteiger partial charge in [0.2, 0.25) is 17.7 Å². The van der Waals surface area contributed by atoms with Crippen LogP contribution in [0.4, 0.5) is 0 Å². The number of aromatic nitrogens is 2. The molecule has 186 valence electrons. The van der Waals surface area contributed by atoms with Gasteiger partial charge >= 0.3 is 5.97 Å². The van der Waals surface area contributed by atoms with Crippen molar-refractivity contribution in [1.82, 2.24) is 25.9 Å². The maximum atomic E-state index is 12.9. The van der Waals surface area contributed by atoms with Crippen LogP contribution in [0.25, 0.3) is 0 Å². The van der Waals surface area contributed by atoms with Gasteiger partial charge < -0.3 is 36.9 Å². The van der Waals surface area contributed by atoms with Gasteiger partial charge in [0.05, 0.1) is 18.5 Å². The molecule has 0 aliphatic carbocycles. The number of imidazole rings is 1. The molecular weight excluding hydrogens is 452 g/mol. The summed E-state index contributed by atoms with van der Waals surface area (Å²) in [7, 11) is 0. The molecule has 1 rings (SSSR count). The second-order valence-electron chi connectivity index (χ2n) is 8.03. The molecule has 5 atom stereocenters. The second kappa shape index (κ2) is 13.8. The van der Waals surface area contributed by atoms with Crippen molar-refractivity contribution in [2.24, 2.45) is 11.7 Å². The first kappa shape index (κ1) is 28.4. The maximum absolute atomic E-state index is 12.9. The number of carboxylic acid groups (broad SMARTS) is 1. The molecule has 0 radical (unpaired) electrons. The van der Waals surface area contributed by atoms with Crippen molar-refractivity contribution < 1.29 is 29.4 Å². The Morgan fingerprint density at radius 1 is 1.09 bits per heavy atom. The Bertz CT molecular complexity index is 788. The van der Waals surface area contributed by atoms with Crippen molar-refractivity contribution >= 4 is 35.5 Å². The number of carbonyl (C=O) groups is 4. The topological polar surface area (TPSA) is 200 Å². The third-order valence-corrected chi connectivity index (χ3v) is 5.51. The molecule has 0 aromatic carbocycles. The van der Waals surface area contributed by atoms with Crippen LogP contribution in [-0.4, -0.2) is 86.2 Å². The molecule has 1 heterocycles. The minimum Gasteiger partial charge on any atom is -0.480 e. The predicted octanol–water partition coefficient (Wildman–Crippen LogP) is -1.39. The number of aliphatic carboxylic acids is 1. The Morgan fingerprint density at radius 3 is 2.18 bits per heavy atom. The number of nitrogens with one attached hydrogen (secondary N) is 4. The van der Waals surface area contributed by atoms with E-state index in [0.29, 0.717) is 11.4 Å². The van der Waals surface area contributed by atoms with Crippen LogP contribution in [0.1, 0.15) is 32.9 Å². The van der Waals surface area contributed by atoms with Crippen LogP contribution in [0.5, 0.6) is 0 Å². The van der Waals surface area contributed by atoms with E-state index < -0.39 is 54.0 Å². The molecule has 8 N–H and O–H groups in total. The quantitative estimate of drug-likeness (QED) is 0.165. The minimum atomic E-state index is -1.41. The van der Waals surface area contributed by atoms with Crippen molar-refractivity contribution in [3.05, 3.63) is 18.2 Å². The van der Waals surface area contributed by atoms with E-state index in [9.17, 15) is 29.4 Å². The predicted molar refractivity (Wildman–Crippen MR) is 123 cm³/mol. The largest absolute Gasteiger partial charge is 0.480 e. The summed E-state index contributed by atoms with van der Waals surface area (Å²) < 4.78 is 0. The zero-order valence-corrected chi connectivity index (χ0v) is 20.0. The number of nitrogens with zero attached hydrogens (tertiary/aromatic N) is 1. The SMILES string of the molecule is CSCCC(NC(=O)C(NC(=O)C(NC(=O)C(N)Cc1cnc[nH]1)C(C)C)C(C)O)C(=O)O. The first-order valence-electron chi connectivity index (χ1n) is 10.5. The van der Waals surface area contributed by atoms with Crippen LogP contribution >= 0.6 is 11.8 Å². The van der Waals surface area contributed by atoms with E-state index in [-0.39, 0.29) is 18.8 Å². The molecule has 0 aliphatic heterocycles. The monoisotopic (exact) mass is 486 g/mol. The normalized spacial score (nSPS) is 15.7. The molecule has 0 saturated heterocycles. The van der Waals surface area contributed by atoms with Crippen LogP contribution in [0.3, 0.4) is 0 Å². The van der Waals surface area contributed by atoms with Crippen molar-refractivity contribution in [3.8, 4) is 0 Å². The molecule has 5 unspecified atom stereocenters. The summed E-state index contributed by atoms with van der Waals surface area (Å²) in [6.45, 7) is 4.70. The highest BCUT2D eigenvalue weighted by atomic mass is 32.2. The highest BCUT2D eigenvalue weighted by molar-refractivity contribution is 7.98. The van der Waals surface area contributed by atoms with Crippen molar-refractivity contribution in [1.29, 1.82) is 0 Å².